The van der Waals surface area contributed by atoms with Gasteiger partial charge in [0.1, 0.15) is 13.2 Å². The minimum absolute atomic E-state index is 0.123. The summed E-state index contributed by atoms with van der Waals surface area (Å²) in [4.78, 5) is 37.6. The summed E-state index contributed by atoms with van der Waals surface area (Å²) in [6, 6.07) is 0. The highest BCUT2D eigenvalue weighted by Gasteiger charge is 2.19. The molecule has 0 spiro atoms. The van der Waals surface area contributed by atoms with Gasteiger partial charge >= 0.3 is 17.9 Å². The average Bonchev–Trinajstić information content (AvgIpc) is 3.18. The van der Waals surface area contributed by atoms with Crippen molar-refractivity contribution in [1.82, 2.24) is 0 Å². The topological polar surface area (TPSA) is 78.9 Å². The molecular formula is C49H78O6. The van der Waals surface area contributed by atoms with Crippen molar-refractivity contribution in [2.75, 3.05) is 13.2 Å². The Balaban J connectivity index is 4.54. The van der Waals surface area contributed by atoms with Crippen molar-refractivity contribution in [3.63, 3.8) is 0 Å². The highest BCUT2D eigenvalue weighted by atomic mass is 16.6. The maximum Gasteiger partial charge on any atom is 0.306 e. The number of carbonyl (C=O) groups is 3. The summed E-state index contributed by atoms with van der Waals surface area (Å²) in [6.45, 7) is 6.29. The maximum atomic E-state index is 12.7. The number of hydrogen-bond acceptors (Lipinski definition) is 6. The second kappa shape index (κ2) is 43.1. The molecule has 1 unspecified atom stereocenters. The molecule has 1 atom stereocenters. The quantitative estimate of drug-likeness (QED) is 0.0206. The number of unbranched alkanes of at least 4 members (excludes halogenated alkanes) is 15. The summed E-state index contributed by atoms with van der Waals surface area (Å²) in [7, 11) is 0. The van der Waals surface area contributed by atoms with Gasteiger partial charge in [0, 0.05) is 19.3 Å². The molecule has 0 N–H and O–H groups in total. The van der Waals surface area contributed by atoms with Crippen molar-refractivity contribution in [1.29, 1.82) is 0 Å². The number of esters is 3. The van der Waals surface area contributed by atoms with Gasteiger partial charge in [-0.1, -0.05) is 176 Å². The van der Waals surface area contributed by atoms with Gasteiger partial charge in [-0.25, -0.2) is 0 Å². The number of rotatable bonds is 37. The first-order valence-electron chi connectivity index (χ1n) is 21.8. The summed E-state index contributed by atoms with van der Waals surface area (Å²) < 4.78 is 16.5. The molecule has 0 bridgehead atoms. The van der Waals surface area contributed by atoms with E-state index in [2.05, 4.69) is 63.3 Å². The predicted molar refractivity (Wildman–Crippen MR) is 233 cm³/mol. The molecule has 0 aromatic heterocycles. The molecule has 0 aromatic rings. The number of allylic oxidation sites excluding steroid dienone is 16. The van der Waals surface area contributed by atoms with E-state index in [9.17, 15) is 14.4 Å². The molecule has 0 fully saturated rings. The molecule has 0 saturated heterocycles. The zero-order valence-corrected chi connectivity index (χ0v) is 35.1. The van der Waals surface area contributed by atoms with Gasteiger partial charge in [-0.05, 0) is 77.0 Å². The fourth-order valence-electron chi connectivity index (χ4n) is 5.41. The molecule has 6 heteroatoms. The van der Waals surface area contributed by atoms with Crippen LogP contribution in [0.3, 0.4) is 0 Å². The van der Waals surface area contributed by atoms with E-state index in [0.29, 0.717) is 19.3 Å². The highest BCUT2D eigenvalue weighted by Crippen LogP contribution is 2.11. The van der Waals surface area contributed by atoms with Crippen LogP contribution in [-0.4, -0.2) is 37.2 Å². The van der Waals surface area contributed by atoms with Gasteiger partial charge in [-0.3, -0.25) is 14.4 Å². The molecule has 0 aliphatic rings. The van der Waals surface area contributed by atoms with E-state index in [1.807, 2.05) is 54.7 Å². The van der Waals surface area contributed by atoms with Crippen LogP contribution in [0.25, 0.3) is 0 Å². The van der Waals surface area contributed by atoms with E-state index in [1.54, 1.807) is 0 Å². The van der Waals surface area contributed by atoms with Crippen LogP contribution in [0.1, 0.15) is 175 Å². The molecule has 310 valence electrons. The Kier molecular flexibility index (Phi) is 40.2. The van der Waals surface area contributed by atoms with Crippen LogP contribution < -0.4 is 0 Å². The van der Waals surface area contributed by atoms with Gasteiger partial charge in [0.25, 0.3) is 0 Å². The minimum atomic E-state index is -0.828. The van der Waals surface area contributed by atoms with Gasteiger partial charge < -0.3 is 14.2 Å². The van der Waals surface area contributed by atoms with Crippen LogP contribution in [-0.2, 0) is 28.6 Å². The first kappa shape index (κ1) is 51.3. The molecule has 0 aliphatic carbocycles. The van der Waals surface area contributed by atoms with Gasteiger partial charge in [0.15, 0.2) is 6.10 Å². The van der Waals surface area contributed by atoms with Crippen LogP contribution in [0.15, 0.2) is 97.2 Å². The Morgan fingerprint density at radius 3 is 1.31 bits per heavy atom. The third kappa shape index (κ3) is 41.3. The van der Waals surface area contributed by atoms with Crippen molar-refractivity contribution < 1.29 is 28.6 Å². The Labute approximate surface area is 337 Å². The third-order valence-electron chi connectivity index (χ3n) is 8.70. The van der Waals surface area contributed by atoms with Crippen LogP contribution in [0.2, 0.25) is 0 Å². The molecule has 0 saturated carbocycles. The normalized spacial score (nSPS) is 13.0. The van der Waals surface area contributed by atoms with E-state index < -0.39 is 12.1 Å². The summed E-state index contributed by atoms with van der Waals surface area (Å²) >= 11 is 0. The lowest BCUT2D eigenvalue weighted by Gasteiger charge is -2.18. The molecule has 0 aliphatic heterocycles. The minimum Gasteiger partial charge on any atom is -0.462 e. The average molecular weight is 763 g/mol. The summed E-state index contributed by atoms with van der Waals surface area (Å²) in [6.07, 6.45) is 55.5. The van der Waals surface area contributed by atoms with Crippen LogP contribution in [0.5, 0.6) is 0 Å². The Bertz CT molecular complexity index is 1150. The molecule has 0 aromatic carbocycles. The van der Waals surface area contributed by atoms with Crippen molar-refractivity contribution in [2.45, 2.75) is 181 Å². The molecule has 55 heavy (non-hydrogen) atoms. The highest BCUT2D eigenvalue weighted by molar-refractivity contribution is 5.71. The van der Waals surface area contributed by atoms with Gasteiger partial charge in [0.2, 0.25) is 0 Å². The fraction of sp³-hybridized carbons (Fsp3) is 0.612. The van der Waals surface area contributed by atoms with Crippen LogP contribution in [0.4, 0.5) is 0 Å². The lowest BCUT2D eigenvalue weighted by molar-refractivity contribution is -0.167. The first-order valence-corrected chi connectivity index (χ1v) is 21.8. The molecule has 0 amide bonds. The summed E-state index contributed by atoms with van der Waals surface area (Å²) in [5.74, 6) is -1.06. The summed E-state index contributed by atoms with van der Waals surface area (Å²) in [5, 5.41) is 0. The van der Waals surface area contributed by atoms with Crippen molar-refractivity contribution in [2.24, 2.45) is 0 Å². The van der Waals surface area contributed by atoms with Gasteiger partial charge in [-0.15, -0.1) is 0 Å². The largest absolute Gasteiger partial charge is 0.462 e. The fourth-order valence-corrected chi connectivity index (χ4v) is 5.41. The third-order valence-corrected chi connectivity index (χ3v) is 8.70. The maximum absolute atomic E-state index is 12.7. The second-order valence-electron chi connectivity index (χ2n) is 14.0. The zero-order chi connectivity index (χ0) is 40.1. The standard InChI is InChI=1S/C49H78O6/c1-4-7-10-13-16-19-21-23-24-26-27-30-33-36-39-42-48(51)54-45-46(44-53-47(50)41-38-35-32-29-18-15-12-9-6-3)55-49(52)43-40-37-34-31-28-25-22-20-17-14-11-8-5-2/h8,11,14,16-17,19-23,25,28-29,31-32,34,46H,4-7,9-10,12-13,15,18,24,26-27,30,33,35-45H2,1-3H3/b11-8-,17-14-,19-16-,22-20-,23-21-,28-25-,32-29-,34-31-. The van der Waals surface area contributed by atoms with E-state index >= 15 is 0 Å². The number of ether oxygens (including phenoxy) is 3. The smallest absolute Gasteiger partial charge is 0.306 e. The van der Waals surface area contributed by atoms with Crippen LogP contribution in [0, 0.1) is 0 Å². The lowest BCUT2D eigenvalue weighted by atomic mass is 10.1. The lowest BCUT2D eigenvalue weighted by Crippen LogP contribution is -2.30. The van der Waals surface area contributed by atoms with E-state index in [4.69, 9.17) is 14.2 Å². The number of carbonyl (C=O) groups excluding carboxylic acids is 3. The zero-order valence-electron chi connectivity index (χ0n) is 35.1. The summed E-state index contributed by atoms with van der Waals surface area (Å²) in [5.41, 5.74) is 0. The predicted octanol–water partition coefficient (Wildman–Crippen LogP) is 13.9. The number of hydrogen-bond donors (Lipinski definition) is 0. The monoisotopic (exact) mass is 763 g/mol. The Morgan fingerprint density at radius 1 is 0.382 bits per heavy atom. The molecule has 0 rings (SSSR count). The molecule has 6 nitrogen and oxygen atoms in total. The Hall–Kier alpha value is -3.67. The van der Waals surface area contributed by atoms with Crippen LogP contribution >= 0.6 is 0 Å². The van der Waals surface area contributed by atoms with E-state index in [1.165, 1.54) is 64.2 Å². The van der Waals surface area contributed by atoms with E-state index in [-0.39, 0.29) is 38.0 Å². The SMILES string of the molecule is CC\C=C/C=C\C=C/C=C\C=C/CCCC(=O)OC(COC(=O)CCC/C=C\CCCCCC)COC(=O)CCCCCCCC/C=C\C=C/CCCCC. The van der Waals surface area contributed by atoms with Crippen molar-refractivity contribution in [3.05, 3.63) is 97.2 Å². The van der Waals surface area contributed by atoms with Gasteiger partial charge in [-0.2, -0.15) is 0 Å². The van der Waals surface area contributed by atoms with E-state index in [0.717, 1.165) is 57.8 Å². The molecule has 0 radical (unpaired) electrons. The van der Waals surface area contributed by atoms with Gasteiger partial charge in [0.05, 0.1) is 0 Å². The Morgan fingerprint density at radius 2 is 0.745 bits per heavy atom. The van der Waals surface area contributed by atoms with Crippen molar-refractivity contribution >= 4 is 17.9 Å². The molecule has 0 heterocycles. The second-order valence-corrected chi connectivity index (χ2v) is 14.0. The molecular weight excluding hydrogens is 685 g/mol. The first-order chi connectivity index (χ1) is 27.0. The van der Waals surface area contributed by atoms with Crippen molar-refractivity contribution in [3.8, 4) is 0 Å².